The van der Waals surface area contributed by atoms with Crippen molar-refractivity contribution in [1.29, 1.82) is 0 Å². The molecule has 7 heteroatoms. The first-order valence-corrected chi connectivity index (χ1v) is 7.84. The molecule has 2 rings (SSSR count). The zero-order valence-corrected chi connectivity index (χ0v) is 12.2. The van der Waals surface area contributed by atoms with E-state index in [-0.39, 0.29) is 5.75 Å². The largest absolute Gasteiger partial charge is 0.494 e. The highest BCUT2D eigenvalue weighted by atomic mass is 32.2. The van der Waals surface area contributed by atoms with Gasteiger partial charge in [-0.3, -0.25) is 4.72 Å². The molecule has 1 aromatic carbocycles. The summed E-state index contributed by atoms with van der Waals surface area (Å²) < 4.78 is 31.2. The summed E-state index contributed by atoms with van der Waals surface area (Å²) in [6.07, 6.45) is 3.92. The smallest absolute Gasteiger partial charge is 0.232 e. The minimum atomic E-state index is -3.33. The van der Waals surface area contributed by atoms with Crippen LogP contribution in [0.15, 0.2) is 30.7 Å². The van der Waals surface area contributed by atoms with Crippen LogP contribution in [0, 0.1) is 0 Å². The van der Waals surface area contributed by atoms with Crippen molar-refractivity contribution in [1.82, 2.24) is 9.97 Å². The molecule has 6 nitrogen and oxygen atoms in total. The highest BCUT2D eigenvalue weighted by molar-refractivity contribution is 7.92. The Morgan fingerprint density at radius 3 is 2.80 bits per heavy atom. The van der Waals surface area contributed by atoms with Crippen molar-refractivity contribution in [2.75, 3.05) is 17.6 Å². The molecule has 0 atom stereocenters. The number of nitrogens with zero attached hydrogens (tertiary/aromatic N) is 1. The van der Waals surface area contributed by atoms with E-state index in [9.17, 15) is 8.42 Å². The third kappa shape index (κ3) is 3.30. The standard InChI is InChI=1S/C13H17N3O3S/c1-3-20(17,18)16-12-6-4-5-10(13(12)19-2)7-11-8-14-9-15-11/h4-6,8-9,16H,3,7H2,1-2H3,(H,14,15). The molecule has 1 heterocycles. The number of H-pyrrole nitrogens is 1. The number of rotatable bonds is 6. The molecule has 108 valence electrons. The Bertz CT molecular complexity index is 666. The van der Waals surface area contributed by atoms with Crippen LogP contribution in [0.2, 0.25) is 0 Å². The number of anilines is 1. The number of methoxy groups -OCH3 is 1. The van der Waals surface area contributed by atoms with Crippen LogP contribution in [-0.4, -0.2) is 31.2 Å². The maximum Gasteiger partial charge on any atom is 0.232 e. The van der Waals surface area contributed by atoms with Gasteiger partial charge in [0.15, 0.2) is 0 Å². The first-order valence-electron chi connectivity index (χ1n) is 6.19. The highest BCUT2D eigenvalue weighted by Gasteiger charge is 2.14. The van der Waals surface area contributed by atoms with Crippen LogP contribution in [-0.2, 0) is 16.4 Å². The maximum absolute atomic E-state index is 11.7. The van der Waals surface area contributed by atoms with Gasteiger partial charge >= 0.3 is 0 Å². The minimum absolute atomic E-state index is 0.0148. The average Bonchev–Trinajstić information content (AvgIpc) is 2.92. The number of nitrogens with one attached hydrogen (secondary N) is 2. The van der Waals surface area contributed by atoms with Crippen LogP contribution in [0.3, 0.4) is 0 Å². The number of ether oxygens (including phenoxy) is 1. The summed E-state index contributed by atoms with van der Waals surface area (Å²) in [5.41, 5.74) is 2.26. The zero-order chi connectivity index (χ0) is 14.6. The Kier molecular flexibility index (Phi) is 4.29. The Morgan fingerprint density at radius 1 is 1.40 bits per heavy atom. The molecule has 0 saturated heterocycles. The average molecular weight is 295 g/mol. The number of sulfonamides is 1. The van der Waals surface area contributed by atoms with Crippen LogP contribution < -0.4 is 9.46 Å². The summed E-state index contributed by atoms with van der Waals surface area (Å²) in [7, 11) is -1.81. The minimum Gasteiger partial charge on any atom is -0.494 e. The molecule has 0 aliphatic heterocycles. The summed E-state index contributed by atoms with van der Waals surface area (Å²) in [4.78, 5) is 6.97. The van der Waals surface area contributed by atoms with Gasteiger partial charge in [0.05, 0.1) is 24.9 Å². The lowest BCUT2D eigenvalue weighted by Gasteiger charge is -2.14. The molecule has 0 saturated carbocycles. The van der Waals surface area contributed by atoms with E-state index in [0.29, 0.717) is 17.9 Å². The molecule has 0 bridgehead atoms. The van der Waals surface area contributed by atoms with Gasteiger partial charge in [0.25, 0.3) is 0 Å². The fraction of sp³-hybridized carbons (Fsp3) is 0.308. The van der Waals surface area contributed by atoms with Crippen LogP contribution in [0.1, 0.15) is 18.2 Å². The predicted molar refractivity (Wildman–Crippen MR) is 77.5 cm³/mol. The van der Waals surface area contributed by atoms with Crippen LogP contribution in [0.5, 0.6) is 5.75 Å². The zero-order valence-electron chi connectivity index (χ0n) is 11.4. The van der Waals surface area contributed by atoms with E-state index in [1.165, 1.54) is 7.11 Å². The number of imidazole rings is 1. The molecular formula is C13H17N3O3S. The van der Waals surface area contributed by atoms with Crippen molar-refractivity contribution >= 4 is 15.7 Å². The van der Waals surface area contributed by atoms with Crippen molar-refractivity contribution in [2.24, 2.45) is 0 Å². The van der Waals surface area contributed by atoms with Gasteiger partial charge in [0, 0.05) is 23.9 Å². The van der Waals surface area contributed by atoms with Crippen molar-refractivity contribution in [3.63, 3.8) is 0 Å². The van der Waals surface area contributed by atoms with Crippen molar-refractivity contribution in [2.45, 2.75) is 13.3 Å². The van der Waals surface area contributed by atoms with Crippen molar-refractivity contribution in [3.8, 4) is 5.75 Å². The summed E-state index contributed by atoms with van der Waals surface area (Å²) in [6, 6.07) is 5.37. The van der Waals surface area contributed by atoms with E-state index in [1.807, 2.05) is 6.07 Å². The Balaban J connectivity index is 2.34. The molecule has 0 spiro atoms. The lowest BCUT2D eigenvalue weighted by molar-refractivity contribution is 0.412. The lowest BCUT2D eigenvalue weighted by Crippen LogP contribution is -2.15. The molecule has 0 aliphatic carbocycles. The molecule has 0 aliphatic rings. The van der Waals surface area contributed by atoms with Crippen LogP contribution in [0.4, 0.5) is 5.69 Å². The fourth-order valence-corrected chi connectivity index (χ4v) is 2.51. The van der Waals surface area contributed by atoms with E-state index in [1.54, 1.807) is 31.6 Å². The van der Waals surface area contributed by atoms with Gasteiger partial charge in [0.1, 0.15) is 5.75 Å². The highest BCUT2D eigenvalue weighted by Crippen LogP contribution is 2.30. The van der Waals surface area contributed by atoms with Crippen LogP contribution >= 0.6 is 0 Å². The quantitative estimate of drug-likeness (QED) is 0.850. The molecule has 2 aromatic rings. The van der Waals surface area contributed by atoms with E-state index in [4.69, 9.17) is 4.74 Å². The number of hydrogen-bond acceptors (Lipinski definition) is 4. The SMILES string of the molecule is CCS(=O)(=O)Nc1cccc(Cc2cnc[nH]2)c1OC. The molecule has 0 radical (unpaired) electrons. The molecule has 1 aromatic heterocycles. The normalized spacial score (nSPS) is 11.3. The molecular weight excluding hydrogens is 278 g/mol. The van der Waals surface area contributed by atoms with E-state index in [2.05, 4.69) is 14.7 Å². The van der Waals surface area contributed by atoms with Crippen LogP contribution in [0.25, 0.3) is 0 Å². The molecule has 0 fully saturated rings. The molecule has 20 heavy (non-hydrogen) atoms. The number of aromatic nitrogens is 2. The topological polar surface area (TPSA) is 84.1 Å². The molecule has 0 amide bonds. The second kappa shape index (κ2) is 5.96. The first-order chi connectivity index (χ1) is 9.55. The summed E-state index contributed by atoms with van der Waals surface area (Å²) in [5, 5.41) is 0. The molecule has 2 N–H and O–H groups in total. The fourth-order valence-electron chi connectivity index (χ4n) is 1.87. The third-order valence-corrected chi connectivity index (χ3v) is 4.17. The van der Waals surface area contributed by atoms with E-state index < -0.39 is 10.0 Å². The second-order valence-electron chi connectivity index (χ2n) is 4.26. The Hall–Kier alpha value is -2.02. The number of aromatic amines is 1. The van der Waals surface area contributed by atoms with Gasteiger partial charge in [-0.15, -0.1) is 0 Å². The van der Waals surface area contributed by atoms with Gasteiger partial charge in [-0.05, 0) is 13.0 Å². The monoisotopic (exact) mass is 295 g/mol. The van der Waals surface area contributed by atoms with Gasteiger partial charge in [-0.1, -0.05) is 12.1 Å². The number of para-hydroxylation sites is 1. The Labute approximate surface area is 118 Å². The maximum atomic E-state index is 11.7. The summed E-state index contributed by atoms with van der Waals surface area (Å²) in [5.74, 6) is 0.542. The Morgan fingerprint density at radius 2 is 2.20 bits per heavy atom. The number of hydrogen-bond donors (Lipinski definition) is 2. The van der Waals surface area contributed by atoms with Gasteiger partial charge in [-0.25, -0.2) is 13.4 Å². The predicted octanol–water partition coefficient (Wildman–Crippen LogP) is 1.77. The summed E-state index contributed by atoms with van der Waals surface area (Å²) >= 11 is 0. The van der Waals surface area contributed by atoms with Gasteiger partial charge in [0.2, 0.25) is 10.0 Å². The summed E-state index contributed by atoms with van der Waals surface area (Å²) in [6.45, 7) is 1.59. The first kappa shape index (κ1) is 14.4. The molecule has 0 unspecified atom stereocenters. The van der Waals surface area contributed by atoms with Gasteiger partial charge < -0.3 is 9.72 Å². The third-order valence-electron chi connectivity index (χ3n) is 2.88. The van der Waals surface area contributed by atoms with E-state index >= 15 is 0 Å². The lowest BCUT2D eigenvalue weighted by atomic mass is 10.1. The second-order valence-corrected chi connectivity index (χ2v) is 6.27. The van der Waals surface area contributed by atoms with Crippen molar-refractivity contribution in [3.05, 3.63) is 42.0 Å². The number of benzene rings is 1. The van der Waals surface area contributed by atoms with Crippen molar-refractivity contribution < 1.29 is 13.2 Å². The van der Waals surface area contributed by atoms with Gasteiger partial charge in [-0.2, -0.15) is 0 Å². The van der Waals surface area contributed by atoms with E-state index in [0.717, 1.165) is 11.3 Å².